The number of nitrogens with zero attached hydrogens (tertiary/aromatic N) is 4. The molecule has 0 radical (unpaired) electrons. The van der Waals surface area contributed by atoms with Crippen molar-refractivity contribution in [3.63, 3.8) is 0 Å². The van der Waals surface area contributed by atoms with E-state index in [0.717, 1.165) is 19.3 Å². The topological polar surface area (TPSA) is 192 Å². The number of nitrogens with one attached hydrogen (secondary N) is 1. The number of primary amides is 1. The van der Waals surface area contributed by atoms with E-state index < -0.39 is 25.5 Å². The van der Waals surface area contributed by atoms with Crippen LogP contribution in [0.15, 0.2) is 29.2 Å². The van der Waals surface area contributed by atoms with Crippen LogP contribution in [0, 0.1) is 10.8 Å². The number of unbranched alkanes of at least 4 members (excludes halogenated alkanes) is 4. The molecule has 0 saturated carbocycles. The van der Waals surface area contributed by atoms with Crippen LogP contribution in [-0.4, -0.2) is 87.7 Å². The number of benzene rings is 1. The van der Waals surface area contributed by atoms with Gasteiger partial charge in [0.05, 0.1) is 4.95 Å². The zero-order valence-corrected chi connectivity index (χ0v) is 29.7. The molecule has 4 atom stereocenters. The maximum Gasteiger partial charge on any atom is 0.541 e. The summed E-state index contributed by atoms with van der Waals surface area (Å²) in [4.78, 5) is 82.1. The number of likely N-dealkylation sites (tertiary alicyclic amines) is 1. The number of rotatable bonds is 19. The highest BCUT2D eigenvalue weighted by Crippen LogP contribution is 2.46. The zero-order valence-electron chi connectivity index (χ0n) is 28.8. The molecule has 4 amide bonds. The van der Waals surface area contributed by atoms with Gasteiger partial charge in [-0.15, -0.1) is 4.91 Å². The van der Waals surface area contributed by atoms with E-state index in [9.17, 15) is 33.5 Å². The zero-order chi connectivity index (χ0) is 35.5. The predicted molar refractivity (Wildman–Crippen MR) is 181 cm³/mol. The van der Waals surface area contributed by atoms with E-state index in [2.05, 4.69) is 22.1 Å². The molecule has 1 aromatic rings. The van der Waals surface area contributed by atoms with Crippen molar-refractivity contribution >= 4 is 31.4 Å². The summed E-state index contributed by atoms with van der Waals surface area (Å²) in [6.07, 6.45) is 6.88. The fraction of sp³-hybridized carbons (Fsp3) is 0.697. The Morgan fingerprint density at radius 2 is 1.73 bits per heavy atom. The minimum absolute atomic E-state index is 0.0361. The van der Waals surface area contributed by atoms with Crippen molar-refractivity contribution in [2.45, 2.75) is 116 Å². The van der Waals surface area contributed by atoms with Gasteiger partial charge in [-0.25, -0.2) is 4.57 Å². The van der Waals surface area contributed by atoms with Crippen LogP contribution in [0.4, 0.5) is 0 Å². The fourth-order valence-electron chi connectivity index (χ4n) is 6.80. The lowest BCUT2D eigenvalue weighted by Gasteiger charge is -2.51. The summed E-state index contributed by atoms with van der Waals surface area (Å²) < 4.78 is 16.5. The first-order chi connectivity index (χ1) is 22.8. The molecule has 4 unspecified atom stereocenters. The second-order valence-corrected chi connectivity index (χ2v) is 14.5. The number of hydrogen-bond donors (Lipinski definition) is 3. The Labute approximate surface area is 283 Å². The first-order valence-corrected chi connectivity index (χ1v) is 18.7. The minimum Gasteiger partial charge on any atom is -0.406 e. The lowest BCUT2D eigenvalue weighted by Crippen LogP contribution is -2.66. The molecule has 1 spiro atoms. The molecule has 4 N–H and O–H groups in total. The molecule has 2 aliphatic heterocycles. The third-order valence-electron chi connectivity index (χ3n) is 9.59. The van der Waals surface area contributed by atoms with Gasteiger partial charge in [-0.2, -0.15) is 0 Å². The van der Waals surface area contributed by atoms with Gasteiger partial charge in [0.1, 0.15) is 23.5 Å². The highest BCUT2D eigenvalue weighted by Gasteiger charge is 2.62. The monoisotopic (exact) mass is 692 g/mol. The molecule has 0 aromatic heterocycles. The summed E-state index contributed by atoms with van der Waals surface area (Å²) in [7, 11) is -2.67. The third kappa shape index (κ3) is 9.85. The molecular formula is C33H53N6O8P. The standard InChI is InChI=1S/C33H53N6O8P/c1-5-7-9-13-29(41)38-27(23-25-14-16-26(17-15-25)47-48(45,46)36-44)32(43)39(33(38)18-21-37(4)22-19-33)30(24(3)6-2)31(42)35-20-11-8-10-12-28(34)40/h14-17,24,27,30H,5-13,18-23H2,1-4H3,(H2,34,40)(H,35,42)(H,45,46). The summed E-state index contributed by atoms with van der Waals surface area (Å²) in [5.41, 5.74) is 4.92. The van der Waals surface area contributed by atoms with E-state index >= 15 is 0 Å². The maximum absolute atomic E-state index is 14.8. The van der Waals surface area contributed by atoms with Crippen LogP contribution in [0.5, 0.6) is 5.75 Å². The van der Waals surface area contributed by atoms with E-state index in [1.807, 2.05) is 20.9 Å². The molecule has 0 aliphatic carbocycles. The van der Waals surface area contributed by atoms with Gasteiger partial charge >= 0.3 is 7.75 Å². The van der Waals surface area contributed by atoms with Crippen LogP contribution in [0.25, 0.3) is 0 Å². The molecular weight excluding hydrogens is 639 g/mol. The normalized spacial score (nSPS) is 20.3. The number of hydrogen-bond acceptors (Lipinski definition) is 8. The van der Waals surface area contributed by atoms with Crippen LogP contribution < -0.4 is 15.6 Å². The van der Waals surface area contributed by atoms with Crippen LogP contribution >= 0.6 is 7.75 Å². The quantitative estimate of drug-likeness (QED) is 0.109. The number of nitrogens with two attached hydrogens (primary N) is 1. The lowest BCUT2D eigenvalue weighted by atomic mass is 9.88. The van der Waals surface area contributed by atoms with E-state index in [0.29, 0.717) is 70.1 Å². The van der Waals surface area contributed by atoms with Gasteiger partial charge in [-0.05, 0) is 49.9 Å². The summed E-state index contributed by atoms with van der Waals surface area (Å²) in [5.74, 6) is -1.26. The highest BCUT2D eigenvalue weighted by molar-refractivity contribution is 7.51. The van der Waals surface area contributed by atoms with Crippen LogP contribution in [0.1, 0.15) is 97.0 Å². The molecule has 0 bridgehead atoms. The Morgan fingerprint density at radius 1 is 1.08 bits per heavy atom. The summed E-state index contributed by atoms with van der Waals surface area (Å²) in [6.45, 7) is 7.68. The van der Waals surface area contributed by atoms with Crippen molar-refractivity contribution in [2.24, 2.45) is 16.6 Å². The Kier molecular flexibility index (Phi) is 14.6. The van der Waals surface area contributed by atoms with Crippen molar-refractivity contribution in [1.29, 1.82) is 0 Å². The van der Waals surface area contributed by atoms with E-state index in [1.54, 1.807) is 21.9 Å². The van der Waals surface area contributed by atoms with Gasteiger partial charge in [0.15, 0.2) is 0 Å². The van der Waals surface area contributed by atoms with Gasteiger partial charge in [0, 0.05) is 51.7 Å². The van der Waals surface area contributed by atoms with Crippen LogP contribution in [0.2, 0.25) is 0 Å². The van der Waals surface area contributed by atoms with Crippen molar-refractivity contribution in [1.82, 2.24) is 20.0 Å². The second-order valence-electron chi connectivity index (χ2n) is 13.1. The molecule has 14 nitrogen and oxygen atoms in total. The van der Waals surface area contributed by atoms with E-state index in [1.165, 1.54) is 12.1 Å². The van der Waals surface area contributed by atoms with Crippen molar-refractivity contribution in [2.75, 3.05) is 26.7 Å². The number of nitroso groups, excluding NO2 is 1. The molecule has 2 fully saturated rings. The predicted octanol–water partition coefficient (Wildman–Crippen LogP) is 4.09. The highest BCUT2D eigenvalue weighted by atomic mass is 31.2. The summed E-state index contributed by atoms with van der Waals surface area (Å²) >= 11 is 0. The first-order valence-electron chi connectivity index (χ1n) is 17.2. The van der Waals surface area contributed by atoms with Gasteiger partial charge in [0.2, 0.25) is 23.6 Å². The number of carbonyl (C=O) groups excluding carboxylic acids is 4. The molecule has 2 heterocycles. The molecule has 15 heteroatoms. The molecule has 268 valence electrons. The van der Waals surface area contributed by atoms with Crippen LogP contribution in [-0.2, 0) is 30.2 Å². The number of piperidine rings is 1. The van der Waals surface area contributed by atoms with Gasteiger partial charge in [-0.1, -0.05) is 58.6 Å². The van der Waals surface area contributed by atoms with Gasteiger partial charge in [0.25, 0.3) is 0 Å². The Morgan fingerprint density at radius 3 is 2.31 bits per heavy atom. The Bertz CT molecular complexity index is 1320. The fourth-order valence-corrected chi connectivity index (χ4v) is 7.23. The molecule has 3 rings (SSSR count). The number of carbonyl (C=O) groups is 4. The van der Waals surface area contributed by atoms with Crippen molar-refractivity contribution in [3.8, 4) is 5.75 Å². The van der Waals surface area contributed by atoms with Crippen LogP contribution in [0.3, 0.4) is 0 Å². The van der Waals surface area contributed by atoms with E-state index in [4.69, 9.17) is 10.3 Å². The Hall–Kier alpha value is -3.35. The summed E-state index contributed by atoms with van der Waals surface area (Å²) in [6, 6.07) is 4.39. The smallest absolute Gasteiger partial charge is 0.406 e. The minimum atomic E-state index is -4.68. The third-order valence-corrected chi connectivity index (χ3v) is 10.2. The molecule has 2 saturated heterocycles. The average Bonchev–Trinajstić information content (AvgIpc) is 3.27. The molecule has 48 heavy (non-hydrogen) atoms. The Balaban J connectivity index is 2.01. The largest absolute Gasteiger partial charge is 0.541 e. The second kappa shape index (κ2) is 17.9. The number of amides is 4. The van der Waals surface area contributed by atoms with Crippen molar-refractivity contribution < 1.29 is 33.2 Å². The SMILES string of the molecule is CCCCCC(=O)N1C(Cc2ccc(OP(=O)(O)N=O)cc2)C(=O)N(C(C(=O)NCCCCCC(N)=O)C(C)CC)C12CCN(C)CC2. The molecule has 1 aromatic carbocycles. The van der Waals surface area contributed by atoms with E-state index in [-0.39, 0.29) is 48.1 Å². The lowest BCUT2D eigenvalue weighted by molar-refractivity contribution is -0.156. The van der Waals surface area contributed by atoms with Gasteiger partial charge in [-0.3, -0.25) is 24.1 Å². The first kappa shape index (κ1) is 39.1. The average molecular weight is 693 g/mol. The van der Waals surface area contributed by atoms with Gasteiger partial charge < -0.3 is 30.3 Å². The molecule has 2 aliphatic rings. The maximum atomic E-state index is 14.8. The van der Waals surface area contributed by atoms with Crippen molar-refractivity contribution in [3.05, 3.63) is 34.7 Å². The summed E-state index contributed by atoms with van der Waals surface area (Å²) in [5, 5.41) is 3.04.